The predicted octanol–water partition coefficient (Wildman–Crippen LogP) is 0.829. The second kappa shape index (κ2) is 4.90. The highest BCUT2D eigenvalue weighted by molar-refractivity contribution is 5.85. The number of nitrogens with two attached hydrogens (primary N) is 1. The van der Waals surface area contributed by atoms with Gasteiger partial charge in [-0.05, 0) is 33.1 Å². The van der Waals surface area contributed by atoms with Crippen LogP contribution in [0.4, 0.5) is 0 Å². The van der Waals surface area contributed by atoms with Crippen molar-refractivity contribution in [2.45, 2.75) is 50.9 Å². The van der Waals surface area contributed by atoms with Gasteiger partial charge >= 0.3 is 0 Å². The van der Waals surface area contributed by atoms with Crippen molar-refractivity contribution in [2.75, 3.05) is 6.54 Å². The minimum Gasteiger partial charge on any atom is -0.374 e. The molecule has 16 heavy (non-hydrogen) atoms. The molecule has 4 nitrogen and oxygen atoms in total. The van der Waals surface area contributed by atoms with Crippen LogP contribution in [0, 0.1) is 5.92 Å². The van der Waals surface area contributed by atoms with Gasteiger partial charge in [-0.3, -0.25) is 4.79 Å². The minimum atomic E-state index is -0.307. The van der Waals surface area contributed by atoms with Crippen LogP contribution >= 0.6 is 12.4 Å². The SMILES string of the molecule is CC(C)(CN)NC(=O)C1CC2CCC1O2.Cl. The summed E-state index contributed by atoms with van der Waals surface area (Å²) in [5.74, 6) is 0.159. The van der Waals surface area contributed by atoms with Crippen molar-refractivity contribution in [3.8, 4) is 0 Å². The zero-order valence-electron chi connectivity index (χ0n) is 9.86. The van der Waals surface area contributed by atoms with E-state index in [-0.39, 0.29) is 35.9 Å². The van der Waals surface area contributed by atoms with E-state index in [1.54, 1.807) is 0 Å². The van der Waals surface area contributed by atoms with E-state index >= 15 is 0 Å². The molecule has 0 aromatic heterocycles. The van der Waals surface area contributed by atoms with Crippen LogP contribution in [0.1, 0.15) is 33.1 Å². The number of carbonyl (C=O) groups excluding carboxylic acids is 1. The van der Waals surface area contributed by atoms with Crippen LogP contribution in [0.3, 0.4) is 0 Å². The number of hydrogen-bond donors (Lipinski definition) is 2. The minimum absolute atomic E-state index is 0. The molecule has 2 aliphatic rings. The normalized spacial score (nSPS) is 32.3. The van der Waals surface area contributed by atoms with Gasteiger partial charge in [-0.1, -0.05) is 0 Å². The van der Waals surface area contributed by atoms with Gasteiger partial charge in [-0.15, -0.1) is 12.4 Å². The summed E-state index contributed by atoms with van der Waals surface area (Å²) in [6.07, 6.45) is 3.52. The molecule has 2 heterocycles. The molecule has 1 amide bonds. The molecule has 94 valence electrons. The Hall–Kier alpha value is -0.320. The molecule has 2 fully saturated rings. The first-order chi connectivity index (χ1) is 7.02. The van der Waals surface area contributed by atoms with E-state index in [0.29, 0.717) is 12.6 Å². The Bertz CT molecular complexity index is 271. The summed E-state index contributed by atoms with van der Waals surface area (Å²) in [7, 11) is 0. The molecule has 5 heteroatoms. The Balaban J connectivity index is 0.00000128. The second-order valence-electron chi connectivity index (χ2n) is 5.29. The molecule has 0 aromatic carbocycles. The Morgan fingerprint density at radius 1 is 1.50 bits per heavy atom. The van der Waals surface area contributed by atoms with Gasteiger partial charge < -0.3 is 15.8 Å². The first-order valence-electron chi connectivity index (χ1n) is 5.69. The van der Waals surface area contributed by atoms with Crippen LogP contribution in [0.2, 0.25) is 0 Å². The molecule has 2 bridgehead atoms. The number of amides is 1. The first kappa shape index (κ1) is 13.7. The number of halogens is 1. The van der Waals surface area contributed by atoms with E-state index in [9.17, 15) is 4.79 Å². The maximum absolute atomic E-state index is 12.0. The zero-order valence-corrected chi connectivity index (χ0v) is 10.7. The van der Waals surface area contributed by atoms with Crippen LogP contribution in [0.5, 0.6) is 0 Å². The number of carbonyl (C=O) groups is 1. The maximum atomic E-state index is 12.0. The molecule has 0 spiro atoms. The van der Waals surface area contributed by atoms with Crippen molar-refractivity contribution in [1.29, 1.82) is 0 Å². The van der Waals surface area contributed by atoms with Crippen molar-refractivity contribution in [1.82, 2.24) is 5.32 Å². The molecule has 2 saturated heterocycles. The molecule has 0 saturated carbocycles. The Labute approximate surface area is 103 Å². The molecule has 2 aliphatic heterocycles. The summed E-state index contributed by atoms with van der Waals surface area (Å²) in [4.78, 5) is 12.0. The monoisotopic (exact) mass is 248 g/mol. The van der Waals surface area contributed by atoms with E-state index in [1.807, 2.05) is 13.8 Å². The molecular weight excluding hydrogens is 228 g/mol. The van der Waals surface area contributed by atoms with Gasteiger partial charge in [0, 0.05) is 12.1 Å². The molecule has 3 N–H and O–H groups in total. The number of hydrogen-bond acceptors (Lipinski definition) is 3. The fourth-order valence-corrected chi connectivity index (χ4v) is 2.39. The average Bonchev–Trinajstić information content (AvgIpc) is 2.78. The lowest BCUT2D eigenvalue weighted by atomic mass is 9.88. The summed E-state index contributed by atoms with van der Waals surface area (Å²) in [5.41, 5.74) is 5.28. The van der Waals surface area contributed by atoms with Gasteiger partial charge in [-0.25, -0.2) is 0 Å². The summed E-state index contributed by atoms with van der Waals surface area (Å²) < 4.78 is 5.66. The molecule has 2 rings (SSSR count). The third-order valence-corrected chi connectivity index (χ3v) is 3.41. The van der Waals surface area contributed by atoms with E-state index in [0.717, 1.165) is 19.3 Å². The molecule has 0 radical (unpaired) electrons. The number of nitrogens with one attached hydrogen (secondary N) is 1. The fourth-order valence-electron chi connectivity index (χ4n) is 2.39. The summed E-state index contributed by atoms with van der Waals surface area (Å²) in [6, 6.07) is 0. The van der Waals surface area contributed by atoms with E-state index in [1.165, 1.54) is 0 Å². The van der Waals surface area contributed by atoms with Crippen LogP contribution in [-0.2, 0) is 9.53 Å². The maximum Gasteiger partial charge on any atom is 0.226 e. The third-order valence-electron chi connectivity index (χ3n) is 3.41. The highest BCUT2D eigenvalue weighted by Crippen LogP contribution is 2.38. The van der Waals surface area contributed by atoms with Crippen molar-refractivity contribution in [3.05, 3.63) is 0 Å². The molecule has 3 atom stereocenters. The number of rotatable bonds is 3. The summed E-state index contributed by atoms with van der Waals surface area (Å²) >= 11 is 0. The van der Waals surface area contributed by atoms with Gasteiger partial charge in [0.15, 0.2) is 0 Å². The Kier molecular flexibility index (Phi) is 4.21. The van der Waals surface area contributed by atoms with E-state index < -0.39 is 0 Å². The lowest BCUT2D eigenvalue weighted by molar-refractivity contribution is -0.128. The molecular formula is C11H21ClN2O2. The lowest BCUT2D eigenvalue weighted by Gasteiger charge is -2.27. The van der Waals surface area contributed by atoms with Crippen molar-refractivity contribution in [3.63, 3.8) is 0 Å². The fraction of sp³-hybridized carbons (Fsp3) is 0.909. The largest absolute Gasteiger partial charge is 0.374 e. The van der Waals surface area contributed by atoms with Gasteiger partial charge in [0.2, 0.25) is 5.91 Å². The quantitative estimate of drug-likeness (QED) is 0.778. The van der Waals surface area contributed by atoms with Gasteiger partial charge in [0.05, 0.1) is 18.1 Å². The second-order valence-corrected chi connectivity index (χ2v) is 5.29. The van der Waals surface area contributed by atoms with E-state index in [2.05, 4.69) is 5.32 Å². The standard InChI is InChI=1S/C11H20N2O2.ClH/c1-11(2,6-12)13-10(14)8-5-7-3-4-9(8)15-7;/h7-9H,3-6,12H2,1-2H3,(H,13,14);1H. The van der Waals surface area contributed by atoms with E-state index in [4.69, 9.17) is 10.5 Å². The molecule has 3 unspecified atom stereocenters. The summed E-state index contributed by atoms with van der Waals surface area (Å²) in [6.45, 7) is 4.35. The Morgan fingerprint density at radius 2 is 2.19 bits per heavy atom. The zero-order chi connectivity index (χ0) is 11.1. The lowest BCUT2D eigenvalue weighted by Crippen LogP contribution is -2.52. The van der Waals surface area contributed by atoms with Gasteiger partial charge in [0.25, 0.3) is 0 Å². The van der Waals surface area contributed by atoms with Crippen LogP contribution in [0.15, 0.2) is 0 Å². The third kappa shape index (κ3) is 2.67. The highest BCUT2D eigenvalue weighted by atomic mass is 35.5. The van der Waals surface area contributed by atoms with Crippen LogP contribution < -0.4 is 11.1 Å². The number of fused-ring (bicyclic) bond motifs is 2. The first-order valence-corrected chi connectivity index (χ1v) is 5.69. The predicted molar refractivity (Wildman–Crippen MR) is 64.5 cm³/mol. The van der Waals surface area contributed by atoms with Crippen molar-refractivity contribution >= 4 is 18.3 Å². The van der Waals surface area contributed by atoms with Crippen LogP contribution in [0.25, 0.3) is 0 Å². The number of ether oxygens (including phenoxy) is 1. The topological polar surface area (TPSA) is 64.3 Å². The average molecular weight is 249 g/mol. The van der Waals surface area contributed by atoms with Gasteiger partial charge in [0.1, 0.15) is 0 Å². The highest BCUT2D eigenvalue weighted by Gasteiger charge is 2.45. The van der Waals surface area contributed by atoms with Crippen molar-refractivity contribution in [2.24, 2.45) is 11.7 Å². The summed E-state index contributed by atoms with van der Waals surface area (Å²) in [5, 5.41) is 2.99. The van der Waals surface area contributed by atoms with Crippen molar-refractivity contribution < 1.29 is 9.53 Å². The van der Waals surface area contributed by atoms with Crippen LogP contribution in [-0.4, -0.2) is 30.2 Å². The Morgan fingerprint density at radius 3 is 2.62 bits per heavy atom. The smallest absolute Gasteiger partial charge is 0.226 e. The molecule has 0 aliphatic carbocycles. The molecule has 0 aromatic rings. The van der Waals surface area contributed by atoms with Gasteiger partial charge in [-0.2, -0.15) is 0 Å².